The predicted octanol–water partition coefficient (Wildman–Crippen LogP) is 0.799. The van der Waals surface area contributed by atoms with Gasteiger partial charge in [-0.2, -0.15) is 11.8 Å². The average molecular weight is 238 g/mol. The molecule has 14 heavy (non-hydrogen) atoms. The molecule has 1 fully saturated rings. The number of thioether (sulfide) groups is 1. The van der Waals surface area contributed by atoms with Crippen LogP contribution in [0.3, 0.4) is 0 Å². The highest BCUT2D eigenvalue weighted by molar-refractivity contribution is 7.99. The van der Waals surface area contributed by atoms with E-state index in [0.717, 1.165) is 24.6 Å². The maximum Gasteiger partial charge on any atom is 0.222 e. The highest BCUT2D eigenvalue weighted by Crippen LogP contribution is 2.19. The summed E-state index contributed by atoms with van der Waals surface area (Å²) in [7, 11) is 0. The Bertz CT molecular complexity index is 192. The summed E-state index contributed by atoms with van der Waals surface area (Å²) in [6.07, 6.45) is 0.605. The molecule has 0 aromatic carbocycles. The van der Waals surface area contributed by atoms with Gasteiger partial charge in [-0.1, -0.05) is 0 Å². The zero-order valence-corrected chi connectivity index (χ0v) is 9.69. The molecule has 1 aliphatic rings. The van der Waals surface area contributed by atoms with Gasteiger partial charge in [-0.15, -0.1) is 11.6 Å². The third kappa shape index (κ3) is 3.67. The highest BCUT2D eigenvalue weighted by Gasteiger charge is 2.28. The van der Waals surface area contributed by atoms with Gasteiger partial charge in [-0.3, -0.25) is 4.79 Å². The van der Waals surface area contributed by atoms with Gasteiger partial charge in [-0.25, -0.2) is 0 Å². The van der Waals surface area contributed by atoms with E-state index < -0.39 is 0 Å². The van der Waals surface area contributed by atoms with Gasteiger partial charge in [0.05, 0.1) is 6.61 Å². The SMILES string of the molecule is O=C1CC(CCl)CN1CCSCCO. The van der Waals surface area contributed by atoms with Crippen molar-refractivity contribution < 1.29 is 9.90 Å². The van der Waals surface area contributed by atoms with E-state index in [1.54, 1.807) is 11.8 Å². The largest absolute Gasteiger partial charge is 0.396 e. The molecule has 0 aromatic heterocycles. The summed E-state index contributed by atoms with van der Waals surface area (Å²) in [5.74, 6) is 2.79. The Balaban J connectivity index is 2.15. The van der Waals surface area contributed by atoms with Gasteiger partial charge in [0.2, 0.25) is 5.91 Å². The standard InChI is InChI=1S/C9H16ClNO2S/c10-6-8-5-9(13)11(7-8)1-3-14-4-2-12/h8,12H,1-7H2. The molecule has 0 radical (unpaired) electrons. The summed E-state index contributed by atoms with van der Waals surface area (Å²) in [5.41, 5.74) is 0. The first-order chi connectivity index (χ1) is 6.77. The van der Waals surface area contributed by atoms with Crippen LogP contribution in [0.15, 0.2) is 0 Å². The van der Waals surface area contributed by atoms with Crippen LogP contribution < -0.4 is 0 Å². The topological polar surface area (TPSA) is 40.5 Å². The maximum atomic E-state index is 11.4. The van der Waals surface area contributed by atoms with Crippen molar-refractivity contribution in [1.29, 1.82) is 0 Å². The van der Waals surface area contributed by atoms with Crippen LogP contribution in [0, 0.1) is 5.92 Å². The van der Waals surface area contributed by atoms with Crippen LogP contribution in [0.2, 0.25) is 0 Å². The van der Waals surface area contributed by atoms with Crippen molar-refractivity contribution in [3.05, 3.63) is 0 Å². The van der Waals surface area contributed by atoms with Gasteiger partial charge in [-0.05, 0) is 5.92 Å². The lowest BCUT2D eigenvalue weighted by molar-refractivity contribution is -0.127. The maximum absolute atomic E-state index is 11.4. The van der Waals surface area contributed by atoms with E-state index in [9.17, 15) is 4.79 Å². The summed E-state index contributed by atoms with van der Waals surface area (Å²) in [6, 6.07) is 0. The molecule has 0 aromatic rings. The molecule has 0 aliphatic carbocycles. The van der Waals surface area contributed by atoms with Gasteiger partial charge in [0.15, 0.2) is 0 Å². The number of hydrogen-bond donors (Lipinski definition) is 1. The van der Waals surface area contributed by atoms with Gasteiger partial charge in [0.1, 0.15) is 0 Å². The molecule has 1 aliphatic heterocycles. The molecule has 5 heteroatoms. The van der Waals surface area contributed by atoms with Crippen LogP contribution in [0.25, 0.3) is 0 Å². The van der Waals surface area contributed by atoms with Crippen LogP contribution in [0.1, 0.15) is 6.42 Å². The van der Waals surface area contributed by atoms with Crippen LogP contribution in [-0.2, 0) is 4.79 Å². The number of carbonyl (C=O) groups excluding carboxylic acids is 1. The minimum Gasteiger partial charge on any atom is -0.396 e. The third-order valence-electron chi connectivity index (χ3n) is 2.25. The second-order valence-electron chi connectivity index (χ2n) is 3.40. The van der Waals surface area contributed by atoms with E-state index in [1.165, 1.54) is 0 Å². The number of aliphatic hydroxyl groups is 1. The summed E-state index contributed by atoms with van der Waals surface area (Å²) >= 11 is 7.38. The first kappa shape index (κ1) is 12.1. The monoisotopic (exact) mass is 237 g/mol. The lowest BCUT2D eigenvalue weighted by Crippen LogP contribution is -2.27. The Kier molecular flexibility index (Phi) is 5.67. The number of likely N-dealkylation sites (tertiary alicyclic amines) is 1. The molecule has 3 nitrogen and oxygen atoms in total. The van der Waals surface area contributed by atoms with Crippen molar-refractivity contribution >= 4 is 29.3 Å². The van der Waals surface area contributed by atoms with E-state index in [0.29, 0.717) is 18.2 Å². The van der Waals surface area contributed by atoms with Crippen molar-refractivity contribution in [1.82, 2.24) is 4.90 Å². The summed E-state index contributed by atoms with van der Waals surface area (Å²) in [4.78, 5) is 13.3. The molecular formula is C9H16ClNO2S. The van der Waals surface area contributed by atoms with Crippen molar-refractivity contribution in [2.45, 2.75) is 6.42 Å². The molecule has 1 heterocycles. The fourth-order valence-electron chi connectivity index (χ4n) is 1.51. The Morgan fingerprint density at radius 3 is 2.93 bits per heavy atom. The van der Waals surface area contributed by atoms with Gasteiger partial charge in [0.25, 0.3) is 0 Å². The molecule has 0 spiro atoms. The van der Waals surface area contributed by atoms with Crippen LogP contribution in [0.5, 0.6) is 0 Å². The smallest absolute Gasteiger partial charge is 0.222 e. The molecule has 1 saturated heterocycles. The lowest BCUT2D eigenvalue weighted by Gasteiger charge is -2.15. The molecule has 1 rings (SSSR count). The minimum absolute atomic E-state index is 0.211. The van der Waals surface area contributed by atoms with Crippen LogP contribution >= 0.6 is 23.4 Å². The van der Waals surface area contributed by atoms with E-state index in [-0.39, 0.29) is 12.5 Å². The Hall–Kier alpha value is 0.0700. The fourth-order valence-corrected chi connectivity index (χ4v) is 2.40. The van der Waals surface area contributed by atoms with E-state index in [1.807, 2.05) is 4.90 Å². The Labute approximate surface area is 93.8 Å². The molecule has 1 atom stereocenters. The van der Waals surface area contributed by atoms with E-state index in [4.69, 9.17) is 16.7 Å². The molecule has 1 unspecified atom stereocenters. The quantitative estimate of drug-likeness (QED) is 0.549. The second-order valence-corrected chi connectivity index (χ2v) is 4.93. The number of nitrogens with zero attached hydrogens (tertiary/aromatic N) is 1. The highest BCUT2D eigenvalue weighted by atomic mass is 35.5. The Morgan fingerprint density at radius 1 is 1.57 bits per heavy atom. The van der Waals surface area contributed by atoms with E-state index in [2.05, 4.69) is 0 Å². The molecule has 0 bridgehead atoms. The van der Waals surface area contributed by atoms with Crippen LogP contribution in [-0.4, -0.2) is 53.0 Å². The first-order valence-corrected chi connectivity index (χ1v) is 6.49. The number of carbonyl (C=O) groups is 1. The van der Waals surface area contributed by atoms with Gasteiger partial charge >= 0.3 is 0 Å². The van der Waals surface area contributed by atoms with Crippen molar-refractivity contribution in [3.8, 4) is 0 Å². The lowest BCUT2D eigenvalue weighted by atomic mass is 10.2. The van der Waals surface area contributed by atoms with Crippen molar-refractivity contribution in [2.24, 2.45) is 5.92 Å². The number of hydrogen-bond acceptors (Lipinski definition) is 3. The average Bonchev–Trinajstić information content (AvgIpc) is 2.54. The summed E-state index contributed by atoms with van der Waals surface area (Å²) in [6.45, 7) is 1.81. The van der Waals surface area contributed by atoms with Gasteiger partial charge < -0.3 is 10.0 Å². The molecule has 0 saturated carbocycles. The number of aliphatic hydroxyl groups excluding tert-OH is 1. The van der Waals surface area contributed by atoms with E-state index >= 15 is 0 Å². The zero-order chi connectivity index (χ0) is 10.4. The molecule has 82 valence electrons. The summed E-state index contributed by atoms with van der Waals surface area (Å²) in [5, 5.41) is 8.57. The van der Waals surface area contributed by atoms with Crippen LogP contribution in [0.4, 0.5) is 0 Å². The summed E-state index contributed by atoms with van der Waals surface area (Å²) < 4.78 is 0. The zero-order valence-electron chi connectivity index (χ0n) is 8.12. The fraction of sp³-hybridized carbons (Fsp3) is 0.889. The number of amides is 1. The predicted molar refractivity (Wildman–Crippen MR) is 59.8 cm³/mol. The van der Waals surface area contributed by atoms with Crippen molar-refractivity contribution in [3.63, 3.8) is 0 Å². The van der Waals surface area contributed by atoms with Gasteiger partial charge in [0, 0.05) is 36.9 Å². The normalized spacial score (nSPS) is 22.0. The second kappa shape index (κ2) is 6.53. The molecule has 1 amide bonds. The third-order valence-corrected chi connectivity index (χ3v) is 3.63. The first-order valence-electron chi connectivity index (χ1n) is 4.80. The Morgan fingerprint density at radius 2 is 2.36 bits per heavy atom. The number of rotatable bonds is 6. The van der Waals surface area contributed by atoms with Crippen molar-refractivity contribution in [2.75, 3.05) is 37.1 Å². The number of halogens is 1. The molecule has 1 N–H and O–H groups in total. The number of alkyl halides is 1. The molecular weight excluding hydrogens is 222 g/mol. The minimum atomic E-state index is 0.211.